The third-order valence-electron chi connectivity index (χ3n) is 4.68. The molecule has 0 spiro atoms. The topological polar surface area (TPSA) is 83.6 Å². The second kappa shape index (κ2) is 9.37. The van der Waals surface area contributed by atoms with Crippen LogP contribution in [0.4, 0.5) is 4.79 Å². The number of carbonyl (C=O) groups is 2. The molecule has 31 heavy (non-hydrogen) atoms. The average Bonchev–Trinajstić information content (AvgIpc) is 3.29. The standard InChI is InChI=1S/C24H30N2O5/c1-6-8-9-14-19-25-20(22(27)29-7-2)21(30-19)17-15-26(23(28)31-24(3,4)5)18-13-11-10-12-16(17)18/h10-13,15H,6-9,14H2,1-5H3. The highest BCUT2D eigenvalue weighted by molar-refractivity contribution is 6.03. The summed E-state index contributed by atoms with van der Waals surface area (Å²) in [6.45, 7) is 9.54. The molecule has 0 bridgehead atoms. The smallest absolute Gasteiger partial charge is 0.419 e. The third-order valence-corrected chi connectivity index (χ3v) is 4.68. The Kier molecular flexibility index (Phi) is 6.83. The summed E-state index contributed by atoms with van der Waals surface area (Å²) in [6, 6.07) is 7.41. The van der Waals surface area contributed by atoms with Gasteiger partial charge in [-0.2, -0.15) is 0 Å². The Bertz CT molecular complexity index is 1070. The molecule has 0 aliphatic carbocycles. The number of esters is 1. The molecule has 0 radical (unpaired) electrons. The molecular formula is C24H30N2O5. The third kappa shape index (κ3) is 5.16. The molecule has 0 unspecified atom stereocenters. The van der Waals surface area contributed by atoms with E-state index in [4.69, 9.17) is 13.9 Å². The molecule has 3 rings (SSSR count). The highest BCUT2D eigenvalue weighted by Gasteiger charge is 2.27. The predicted molar refractivity (Wildman–Crippen MR) is 118 cm³/mol. The van der Waals surface area contributed by atoms with Crippen molar-refractivity contribution in [1.29, 1.82) is 0 Å². The molecule has 3 aromatic rings. The van der Waals surface area contributed by atoms with Crippen molar-refractivity contribution in [3.63, 3.8) is 0 Å². The maximum absolute atomic E-state index is 12.8. The average molecular weight is 427 g/mol. The monoisotopic (exact) mass is 426 g/mol. The lowest BCUT2D eigenvalue weighted by Crippen LogP contribution is -2.26. The van der Waals surface area contributed by atoms with Gasteiger partial charge in [0.15, 0.2) is 17.3 Å². The zero-order chi connectivity index (χ0) is 22.6. The van der Waals surface area contributed by atoms with Gasteiger partial charge >= 0.3 is 12.1 Å². The van der Waals surface area contributed by atoms with Crippen molar-refractivity contribution >= 4 is 23.0 Å². The minimum atomic E-state index is -0.641. The quantitative estimate of drug-likeness (QED) is 0.341. The lowest BCUT2D eigenvalue weighted by Gasteiger charge is -2.19. The Hall–Kier alpha value is -3.09. The van der Waals surface area contributed by atoms with Gasteiger partial charge in [0, 0.05) is 23.6 Å². The van der Waals surface area contributed by atoms with E-state index in [2.05, 4.69) is 11.9 Å². The SMILES string of the molecule is CCCCCc1nc(C(=O)OCC)c(-c2cn(C(=O)OC(C)(C)C)c3ccccc23)o1. The number of aromatic nitrogens is 2. The van der Waals surface area contributed by atoms with Gasteiger partial charge in [-0.05, 0) is 40.2 Å². The summed E-state index contributed by atoms with van der Waals surface area (Å²) in [5.41, 5.74) is 0.738. The fourth-order valence-corrected chi connectivity index (χ4v) is 3.34. The van der Waals surface area contributed by atoms with Gasteiger partial charge in [-0.1, -0.05) is 38.0 Å². The van der Waals surface area contributed by atoms with E-state index in [0.29, 0.717) is 29.2 Å². The molecule has 0 atom stereocenters. The van der Waals surface area contributed by atoms with Gasteiger partial charge < -0.3 is 13.9 Å². The Labute approximate surface area is 182 Å². The van der Waals surface area contributed by atoms with E-state index in [1.165, 1.54) is 4.57 Å². The molecule has 0 fully saturated rings. The number of aryl methyl sites for hydroxylation is 1. The van der Waals surface area contributed by atoms with E-state index in [1.54, 1.807) is 13.1 Å². The highest BCUT2D eigenvalue weighted by atomic mass is 16.6. The summed E-state index contributed by atoms with van der Waals surface area (Å²) >= 11 is 0. The van der Waals surface area contributed by atoms with E-state index in [1.807, 2.05) is 45.0 Å². The molecule has 0 saturated heterocycles. The number of oxazole rings is 1. The van der Waals surface area contributed by atoms with Crippen LogP contribution in [0.3, 0.4) is 0 Å². The first-order chi connectivity index (χ1) is 14.7. The van der Waals surface area contributed by atoms with Crippen LogP contribution in [-0.4, -0.2) is 33.8 Å². The molecule has 0 amide bonds. The first-order valence-electron chi connectivity index (χ1n) is 10.8. The van der Waals surface area contributed by atoms with Crippen LogP contribution in [0.25, 0.3) is 22.2 Å². The minimum absolute atomic E-state index is 0.125. The van der Waals surface area contributed by atoms with Gasteiger partial charge in [0.25, 0.3) is 0 Å². The normalized spacial score (nSPS) is 11.6. The predicted octanol–water partition coefficient (Wildman–Crippen LogP) is 5.99. The molecule has 0 aliphatic rings. The Morgan fingerprint density at radius 2 is 1.87 bits per heavy atom. The van der Waals surface area contributed by atoms with E-state index in [9.17, 15) is 9.59 Å². The summed E-state index contributed by atoms with van der Waals surface area (Å²) in [7, 11) is 0. The number of hydrogen-bond donors (Lipinski definition) is 0. The van der Waals surface area contributed by atoms with Crippen molar-refractivity contribution in [1.82, 2.24) is 9.55 Å². The lowest BCUT2D eigenvalue weighted by atomic mass is 10.1. The summed E-state index contributed by atoms with van der Waals surface area (Å²) in [5, 5.41) is 0.759. The fourth-order valence-electron chi connectivity index (χ4n) is 3.34. The molecule has 7 nitrogen and oxygen atoms in total. The van der Waals surface area contributed by atoms with Gasteiger partial charge in [0.1, 0.15) is 5.60 Å². The van der Waals surface area contributed by atoms with E-state index < -0.39 is 17.7 Å². The van der Waals surface area contributed by atoms with Gasteiger partial charge in [0.2, 0.25) is 0 Å². The van der Waals surface area contributed by atoms with Crippen LogP contribution >= 0.6 is 0 Å². The summed E-state index contributed by atoms with van der Waals surface area (Å²) in [4.78, 5) is 29.9. The van der Waals surface area contributed by atoms with E-state index >= 15 is 0 Å². The van der Waals surface area contributed by atoms with E-state index in [0.717, 1.165) is 24.6 Å². The molecule has 1 aromatic carbocycles. The van der Waals surface area contributed by atoms with Crippen LogP contribution in [0.5, 0.6) is 0 Å². The first-order valence-corrected chi connectivity index (χ1v) is 10.8. The van der Waals surface area contributed by atoms with Crippen LogP contribution < -0.4 is 0 Å². The van der Waals surface area contributed by atoms with Crippen LogP contribution in [0, 0.1) is 0 Å². The Morgan fingerprint density at radius 1 is 1.13 bits per heavy atom. The van der Waals surface area contributed by atoms with Crippen LogP contribution in [0.1, 0.15) is 70.3 Å². The molecule has 0 aliphatic heterocycles. The Balaban J connectivity index is 2.12. The zero-order valence-electron chi connectivity index (χ0n) is 18.9. The van der Waals surface area contributed by atoms with Crippen LogP contribution in [0.2, 0.25) is 0 Å². The van der Waals surface area contributed by atoms with Gasteiger partial charge in [-0.15, -0.1) is 0 Å². The maximum atomic E-state index is 12.8. The van der Waals surface area contributed by atoms with Crippen LogP contribution in [-0.2, 0) is 15.9 Å². The highest BCUT2D eigenvalue weighted by Crippen LogP contribution is 2.34. The van der Waals surface area contributed by atoms with Gasteiger partial charge in [-0.3, -0.25) is 4.57 Å². The first kappa shape index (κ1) is 22.6. The van der Waals surface area contributed by atoms with Gasteiger partial charge in [0.05, 0.1) is 12.1 Å². The number of para-hydroxylation sites is 1. The second-order valence-corrected chi connectivity index (χ2v) is 8.37. The molecule has 0 N–H and O–H groups in total. The number of rotatable bonds is 7. The largest absolute Gasteiger partial charge is 0.461 e. The number of fused-ring (bicyclic) bond motifs is 1. The van der Waals surface area contributed by atoms with Gasteiger partial charge in [-0.25, -0.2) is 14.6 Å². The number of hydrogen-bond acceptors (Lipinski definition) is 6. The Morgan fingerprint density at radius 3 is 2.55 bits per heavy atom. The summed E-state index contributed by atoms with van der Waals surface area (Å²) in [6.07, 6.45) is 4.79. The van der Waals surface area contributed by atoms with Crippen molar-refractivity contribution in [3.8, 4) is 11.3 Å². The molecule has 2 heterocycles. The number of benzene rings is 1. The lowest BCUT2D eigenvalue weighted by molar-refractivity contribution is 0.0517. The van der Waals surface area contributed by atoms with Crippen molar-refractivity contribution < 1.29 is 23.5 Å². The second-order valence-electron chi connectivity index (χ2n) is 8.37. The van der Waals surface area contributed by atoms with Crippen molar-refractivity contribution in [2.75, 3.05) is 6.61 Å². The molecule has 0 saturated carbocycles. The number of carbonyl (C=O) groups excluding carboxylic acids is 2. The summed E-state index contributed by atoms with van der Waals surface area (Å²) < 4.78 is 18.2. The minimum Gasteiger partial charge on any atom is -0.461 e. The van der Waals surface area contributed by atoms with Crippen molar-refractivity contribution in [2.45, 2.75) is 65.9 Å². The van der Waals surface area contributed by atoms with E-state index in [-0.39, 0.29) is 12.3 Å². The molecule has 7 heteroatoms. The number of nitrogens with zero attached hydrogens (tertiary/aromatic N) is 2. The van der Waals surface area contributed by atoms with Crippen molar-refractivity contribution in [3.05, 3.63) is 42.0 Å². The molecule has 2 aromatic heterocycles. The zero-order valence-corrected chi connectivity index (χ0v) is 18.9. The summed E-state index contributed by atoms with van der Waals surface area (Å²) in [5.74, 6) is 0.251. The maximum Gasteiger partial charge on any atom is 0.419 e. The number of unbranched alkanes of at least 4 members (excludes halogenated alkanes) is 2. The number of ether oxygens (including phenoxy) is 2. The fraction of sp³-hybridized carbons (Fsp3) is 0.458. The molecule has 166 valence electrons. The van der Waals surface area contributed by atoms with Crippen LogP contribution in [0.15, 0.2) is 34.9 Å². The van der Waals surface area contributed by atoms with Crippen molar-refractivity contribution in [2.24, 2.45) is 0 Å². The molecular weight excluding hydrogens is 396 g/mol.